The van der Waals surface area contributed by atoms with E-state index in [1.807, 2.05) is 36.4 Å². The zero-order valence-corrected chi connectivity index (χ0v) is 13.8. The highest BCUT2D eigenvalue weighted by Crippen LogP contribution is 1.99. The van der Waals surface area contributed by atoms with Gasteiger partial charge in [-0.15, -0.1) is 0 Å². The lowest BCUT2D eigenvalue weighted by Gasteiger charge is -2.26. The van der Waals surface area contributed by atoms with Gasteiger partial charge in [0.15, 0.2) is 0 Å². The summed E-state index contributed by atoms with van der Waals surface area (Å²) in [5, 5.41) is 14.9. The molecule has 0 unspecified atom stereocenters. The zero-order chi connectivity index (χ0) is 17.0. The molecule has 1 fully saturated rings. The van der Waals surface area contributed by atoms with Crippen LogP contribution in [0.25, 0.3) is 0 Å². The number of nitriles is 1. The molecule has 0 bridgehead atoms. The van der Waals surface area contributed by atoms with Crippen LogP contribution in [0.4, 0.5) is 0 Å². The quantitative estimate of drug-likeness (QED) is 0.417. The molecule has 1 aliphatic heterocycles. The molecule has 1 saturated heterocycles. The van der Waals surface area contributed by atoms with Gasteiger partial charge >= 0.3 is 0 Å². The zero-order valence-electron chi connectivity index (χ0n) is 13.8. The summed E-state index contributed by atoms with van der Waals surface area (Å²) < 4.78 is 5.29. The highest BCUT2D eigenvalue weighted by Gasteiger charge is 2.10. The Kier molecular flexibility index (Phi) is 7.81. The first kappa shape index (κ1) is 18.0. The molecule has 6 heteroatoms. The third-order valence-corrected chi connectivity index (χ3v) is 3.83. The minimum Gasteiger partial charge on any atom is -0.388 e. The van der Waals surface area contributed by atoms with E-state index in [1.165, 1.54) is 6.20 Å². The maximum absolute atomic E-state index is 12.0. The fourth-order valence-electron chi connectivity index (χ4n) is 2.43. The number of hydrogen-bond donors (Lipinski definition) is 2. The van der Waals surface area contributed by atoms with E-state index in [0.717, 1.165) is 44.8 Å². The minimum absolute atomic E-state index is 0.102. The largest absolute Gasteiger partial charge is 0.388 e. The SMILES string of the molecule is N#C/C(=C/NCCN1CCOCC1)C(=O)NCCc1ccccc1. The van der Waals surface area contributed by atoms with Crippen molar-refractivity contribution < 1.29 is 9.53 Å². The standard InChI is InChI=1S/C18H24N4O2/c19-14-17(15-20-8-9-22-10-12-24-13-11-22)18(23)21-7-6-16-4-2-1-3-5-16/h1-5,15,20H,6-13H2,(H,21,23)/b17-15-. The van der Waals surface area contributed by atoms with Gasteiger partial charge in [0.25, 0.3) is 5.91 Å². The third kappa shape index (κ3) is 6.41. The Morgan fingerprint density at radius 2 is 2.00 bits per heavy atom. The summed E-state index contributed by atoms with van der Waals surface area (Å²) in [4.78, 5) is 14.3. The number of nitrogens with zero attached hydrogens (tertiary/aromatic N) is 2. The summed E-state index contributed by atoms with van der Waals surface area (Å²) >= 11 is 0. The molecule has 2 N–H and O–H groups in total. The molecule has 0 radical (unpaired) electrons. The second-order valence-electron chi connectivity index (χ2n) is 5.57. The maximum Gasteiger partial charge on any atom is 0.263 e. The Bertz CT molecular complexity index is 574. The van der Waals surface area contributed by atoms with Crippen LogP contribution in [0.2, 0.25) is 0 Å². The number of ether oxygens (including phenoxy) is 1. The molecule has 2 rings (SSSR count). The lowest BCUT2D eigenvalue weighted by Crippen LogP contribution is -2.39. The third-order valence-electron chi connectivity index (χ3n) is 3.83. The van der Waals surface area contributed by atoms with Gasteiger partial charge in [-0.3, -0.25) is 9.69 Å². The lowest BCUT2D eigenvalue weighted by molar-refractivity contribution is -0.117. The molecule has 1 aromatic carbocycles. The first-order valence-electron chi connectivity index (χ1n) is 8.25. The Morgan fingerprint density at radius 1 is 1.25 bits per heavy atom. The summed E-state index contributed by atoms with van der Waals surface area (Å²) in [7, 11) is 0. The van der Waals surface area contributed by atoms with Crippen LogP contribution in [0.5, 0.6) is 0 Å². The number of benzene rings is 1. The van der Waals surface area contributed by atoms with Crippen molar-refractivity contribution in [3.05, 3.63) is 47.7 Å². The predicted octanol–water partition coefficient (Wildman–Crippen LogP) is 0.675. The van der Waals surface area contributed by atoms with E-state index in [9.17, 15) is 4.79 Å². The van der Waals surface area contributed by atoms with Gasteiger partial charge in [0.2, 0.25) is 0 Å². The Labute approximate surface area is 143 Å². The average Bonchev–Trinajstić information content (AvgIpc) is 2.63. The van der Waals surface area contributed by atoms with E-state index in [1.54, 1.807) is 0 Å². The van der Waals surface area contributed by atoms with Crippen LogP contribution in [0.3, 0.4) is 0 Å². The predicted molar refractivity (Wildman–Crippen MR) is 92.1 cm³/mol. The smallest absolute Gasteiger partial charge is 0.263 e. The van der Waals surface area contributed by atoms with Crippen LogP contribution in [-0.4, -0.2) is 56.7 Å². The van der Waals surface area contributed by atoms with Crippen molar-refractivity contribution in [2.24, 2.45) is 0 Å². The van der Waals surface area contributed by atoms with Crippen molar-refractivity contribution in [1.82, 2.24) is 15.5 Å². The van der Waals surface area contributed by atoms with Crippen LogP contribution in [0.15, 0.2) is 42.1 Å². The molecule has 0 saturated carbocycles. The van der Waals surface area contributed by atoms with Crippen molar-refractivity contribution in [3.63, 3.8) is 0 Å². The molecule has 1 aliphatic rings. The molecular weight excluding hydrogens is 304 g/mol. The van der Waals surface area contributed by atoms with Crippen LogP contribution in [-0.2, 0) is 16.0 Å². The molecule has 0 aromatic heterocycles. The van der Waals surface area contributed by atoms with E-state index in [-0.39, 0.29) is 11.5 Å². The van der Waals surface area contributed by atoms with E-state index in [2.05, 4.69) is 15.5 Å². The minimum atomic E-state index is -0.340. The van der Waals surface area contributed by atoms with Gasteiger partial charge < -0.3 is 15.4 Å². The summed E-state index contributed by atoms with van der Waals surface area (Å²) in [5.41, 5.74) is 1.26. The molecule has 1 heterocycles. The molecular formula is C18H24N4O2. The first-order chi connectivity index (χ1) is 11.8. The van der Waals surface area contributed by atoms with E-state index < -0.39 is 0 Å². The van der Waals surface area contributed by atoms with Gasteiger partial charge in [0, 0.05) is 38.9 Å². The second kappa shape index (κ2) is 10.4. The van der Waals surface area contributed by atoms with Gasteiger partial charge in [0.05, 0.1) is 13.2 Å². The lowest BCUT2D eigenvalue weighted by atomic mass is 10.1. The van der Waals surface area contributed by atoms with Gasteiger partial charge in [-0.05, 0) is 12.0 Å². The molecule has 0 spiro atoms. The van der Waals surface area contributed by atoms with Gasteiger partial charge in [-0.2, -0.15) is 5.26 Å². The summed E-state index contributed by atoms with van der Waals surface area (Å²) in [5.74, 6) is -0.340. The van der Waals surface area contributed by atoms with Gasteiger partial charge in [0.1, 0.15) is 11.6 Å². The summed E-state index contributed by atoms with van der Waals surface area (Å²) in [6, 6.07) is 11.9. The fourth-order valence-corrected chi connectivity index (χ4v) is 2.43. The maximum atomic E-state index is 12.0. The van der Waals surface area contributed by atoms with Crippen molar-refractivity contribution in [2.45, 2.75) is 6.42 Å². The number of morpholine rings is 1. The Morgan fingerprint density at radius 3 is 2.71 bits per heavy atom. The normalized spacial score (nSPS) is 15.5. The van der Waals surface area contributed by atoms with E-state index >= 15 is 0 Å². The average molecular weight is 328 g/mol. The second-order valence-corrected chi connectivity index (χ2v) is 5.57. The molecule has 0 aliphatic carbocycles. The summed E-state index contributed by atoms with van der Waals surface area (Å²) in [6.45, 7) is 5.46. The number of hydrogen-bond acceptors (Lipinski definition) is 5. The molecule has 1 aromatic rings. The van der Waals surface area contributed by atoms with E-state index in [0.29, 0.717) is 13.1 Å². The van der Waals surface area contributed by atoms with Crippen molar-refractivity contribution in [3.8, 4) is 6.07 Å². The Hall–Kier alpha value is -2.36. The van der Waals surface area contributed by atoms with Crippen molar-refractivity contribution >= 4 is 5.91 Å². The van der Waals surface area contributed by atoms with Crippen LogP contribution in [0, 0.1) is 11.3 Å². The van der Waals surface area contributed by atoms with Crippen molar-refractivity contribution in [2.75, 3.05) is 45.9 Å². The molecule has 24 heavy (non-hydrogen) atoms. The van der Waals surface area contributed by atoms with Crippen LogP contribution >= 0.6 is 0 Å². The van der Waals surface area contributed by atoms with Gasteiger partial charge in [-0.25, -0.2) is 0 Å². The monoisotopic (exact) mass is 328 g/mol. The molecule has 6 nitrogen and oxygen atoms in total. The summed E-state index contributed by atoms with van der Waals surface area (Å²) in [6.07, 6.45) is 2.24. The van der Waals surface area contributed by atoms with E-state index in [4.69, 9.17) is 10.00 Å². The number of carbonyl (C=O) groups excluding carboxylic acids is 1. The highest BCUT2D eigenvalue weighted by molar-refractivity contribution is 5.97. The van der Waals surface area contributed by atoms with Crippen molar-refractivity contribution in [1.29, 1.82) is 5.26 Å². The van der Waals surface area contributed by atoms with Crippen LogP contribution in [0.1, 0.15) is 5.56 Å². The highest BCUT2D eigenvalue weighted by atomic mass is 16.5. The molecule has 0 atom stereocenters. The first-order valence-corrected chi connectivity index (χ1v) is 8.25. The fraction of sp³-hybridized carbons (Fsp3) is 0.444. The van der Waals surface area contributed by atoms with Gasteiger partial charge in [-0.1, -0.05) is 30.3 Å². The van der Waals surface area contributed by atoms with Crippen LogP contribution < -0.4 is 10.6 Å². The number of nitrogens with one attached hydrogen (secondary N) is 2. The molecule has 128 valence electrons. The topological polar surface area (TPSA) is 77.4 Å². The molecule has 1 amide bonds. The number of carbonyl (C=O) groups is 1. The number of rotatable bonds is 8. The Balaban J connectivity index is 1.67. The number of amides is 1.